The first-order chi connectivity index (χ1) is 9.90. The summed E-state index contributed by atoms with van der Waals surface area (Å²) >= 11 is 0. The van der Waals surface area contributed by atoms with Gasteiger partial charge in [-0.25, -0.2) is 0 Å². The molecule has 5 heteroatoms. The van der Waals surface area contributed by atoms with Crippen molar-refractivity contribution in [2.45, 2.75) is 20.8 Å². The van der Waals surface area contributed by atoms with Crippen molar-refractivity contribution in [1.29, 1.82) is 5.26 Å². The number of carbonyl (C=O) groups is 1. The molecule has 0 aliphatic carbocycles. The summed E-state index contributed by atoms with van der Waals surface area (Å²) in [6.07, 6.45) is 0. The van der Waals surface area contributed by atoms with Crippen molar-refractivity contribution in [3.63, 3.8) is 0 Å². The second kappa shape index (κ2) is 7.77. The zero-order valence-electron chi connectivity index (χ0n) is 13.0. The fraction of sp³-hybridized carbons (Fsp3) is 0.500. The first-order valence-electron chi connectivity index (χ1n) is 7.12. The number of benzene rings is 1. The molecule has 0 unspecified atom stereocenters. The van der Waals surface area contributed by atoms with Crippen LogP contribution in [0.5, 0.6) is 0 Å². The number of rotatable bonds is 7. The Bertz CT molecular complexity index is 502. The Labute approximate surface area is 126 Å². The molecule has 0 atom stereocenters. The van der Waals surface area contributed by atoms with Crippen LogP contribution in [0.1, 0.15) is 26.3 Å². The lowest BCUT2D eigenvalue weighted by Crippen LogP contribution is -2.42. The Morgan fingerprint density at radius 3 is 2.48 bits per heavy atom. The first kappa shape index (κ1) is 17.2. The van der Waals surface area contributed by atoms with Crippen molar-refractivity contribution < 1.29 is 4.79 Å². The number of hydrogen-bond acceptors (Lipinski definition) is 4. The molecule has 0 heterocycles. The summed E-state index contributed by atoms with van der Waals surface area (Å²) in [6.45, 7) is 8.70. The van der Waals surface area contributed by atoms with Gasteiger partial charge in [-0.3, -0.25) is 9.69 Å². The van der Waals surface area contributed by atoms with E-state index < -0.39 is 0 Å². The van der Waals surface area contributed by atoms with Gasteiger partial charge in [0.15, 0.2) is 0 Å². The van der Waals surface area contributed by atoms with Crippen molar-refractivity contribution in [3.8, 4) is 6.07 Å². The Morgan fingerprint density at radius 2 is 2.00 bits per heavy atom. The van der Waals surface area contributed by atoms with E-state index in [1.165, 1.54) is 0 Å². The minimum atomic E-state index is -0.0608. The van der Waals surface area contributed by atoms with E-state index >= 15 is 0 Å². The summed E-state index contributed by atoms with van der Waals surface area (Å²) in [5.74, 6) is -0.0608. The van der Waals surface area contributed by atoms with Crippen LogP contribution in [0, 0.1) is 16.7 Å². The molecule has 21 heavy (non-hydrogen) atoms. The van der Waals surface area contributed by atoms with E-state index in [1.807, 2.05) is 13.0 Å². The van der Waals surface area contributed by atoms with E-state index in [1.54, 1.807) is 24.3 Å². The van der Waals surface area contributed by atoms with Gasteiger partial charge in [-0.2, -0.15) is 5.26 Å². The van der Waals surface area contributed by atoms with Gasteiger partial charge in [-0.1, -0.05) is 20.8 Å². The van der Waals surface area contributed by atoms with Crippen LogP contribution in [0.15, 0.2) is 24.3 Å². The molecule has 0 aromatic heterocycles. The molecular formula is C16H24N4O. The highest BCUT2D eigenvalue weighted by Crippen LogP contribution is 2.15. The van der Waals surface area contributed by atoms with Gasteiger partial charge in [-0.05, 0) is 42.8 Å². The fourth-order valence-corrected chi connectivity index (χ4v) is 1.98. The first-order valence-corrected chi connectivity index (χ1v) is 7.12. The maximum Gasteiger partial charge on any atom is 0.238 e. The average molecular weight is 288 g/mol. The van der Waals surface area contributed by atoms with E-state index in [2.05, 4.69) is 24.1 Å². The summed E-state index contributed by atoms with van der Waals surface area (Å²) in [5.41, 5.74) is 7.01. The number of nitrogens with two attached hydrogens (primary N) is 1. The monoisotopic (exact) mass is 288 g/mol. The molecule has 1 rings (SSSR count). The number of hydrogen-bond donors (Lipinski definition) is 2. The molecule has 5 nitrogen and oxygen atoms in total. The summed E-state index contributed by atoms with van der Waals surface area (Å²) in [5, 5.41) is 11.6. The predicted molar refractivity (Wildman–Crippen MR) is 84.7 cm³/mol. The second-order valence-electron chi connectivity index (χ2n) is 5.91. The van der Waals surface area contributed by atoms with Crippen molar-refractivity contribution in [2.24, 2.45) is 11.1 Å². The van der Waals surface area contributed by atoms with E-state index in [9.17, 15) is 4.79 Å². The minimum Gasteiger partial charge on any atom is -0.330 e. The topological polar surface area (TPSA) is 82.2 Å². The van der Waals surface area contributed by atoms with Gasteiger partial charge in [0.2, 0.25) is 5.91 Å². The Hall–Kier alpha value is -1.90. The molecule has 0 aliphatic heterocycles. The number of likely N-dealkylation sites (N-methyl/N-ethyl adjacent to an activating group) is 1. The molecule has 1 amide bonds. The minimum absolute atomic E-state index is 0.00919. The van der Waals surface area contributed by atoms with Crippen LogP contribution in [0.4, 0.5) is 5.69 Å². The van der Waals surface area contributed by atoms with Gasteiger partial charge < -0.3 is 11.1 Å². The third-order valence-electron chi connectivity index (χ3n) is 3.32. The van der Waals surface area contributed by atoms with Gasteiger partial charge >= 0.3 is 0 Å². The van der Waals surface area contributed by atoms with Crippen LogP contribution >= 0.6 is 0 Å². The molecule has 0 aliphatic rings. The Kier molecular flexibility index (Phi) is 6.35. The molecular weight excluding hydrogens is 264 g/mol. The summed E-state index contributed by atoms with van der Waals surface area (Å²) in [6, 6.07) is 8.88. The SMILES string of the molecule is CCN(CC(=O)Nc1ccc(C#N)cc1)CC(C)(C)CN. The largest absolute Gasteiger partial charge is 0.330 e. The van der Waals surface area contributed by atoms with Gasteiger partial charge in [0.1, 0.15) is 0 Å². The van der Waals surface area contributed by atoms with Crippen LogP contribution in [-0.4, -0.2) is 37.0 Å². The molecule has 0 radical (unpaired) electrons. The Balaban J connectivity index is 2.56. The van der Waals surface area contributed by atoms with E-state index in [0.29, 0.717) is 24.3 Å². The van der Waals surface area contributed by atoms with E-state index in [4.69, 9.17) is 11.0 Å². The second-order valence-corrected chi connectivity index (χ2v) is 5.91. The number of carbonyl (C=O) groups excluding carboxylic acids is 1. The lowest BCUT2D eigenvalue weighted by molar-refractivity contribution is -0.117. The highest BCUT2D eigenvalue weighted by molar-refractivity contribution is 5.92. The summed E-state index contributed by atoms with van der Waals surface area (Å²) in [7, 11) is 0. The van der Waals surface area contributed by atoms with E-state index in [0.717, 1.165) is 13.1 Å². The van der Waals surface area contributed by atoms with Gasteiger partial charge in [0.25, 0.3) is 0 Å². The quantitative estimate of drug-likeness (QED) is 0.801. The lowest BCUT2D eigenvalue weighted by Gasteiger charge is -2.30. The molecule has 1 aromatic rings. The molecule has 0 spiro atoms. The average Bonchev–Trinajstić information content (AvgIpc) is 2.47. The van der Waals surface area contributed by atoms with E-state index in [-0.39, 0.29) is 11.3 Å². The molecule has 0 bridgehead atoms. The molecule has 114 valence electrons. The number of nitrogens with one attached hydrogen (secondary N) is 1. The third-order valence-corrected chi connectivity index (χ3v) is 3.32. The summed E-state index contributed by atoms with van der Waals surface area (Å²) in [4.78, 5) is 14.1. The standard InChI is InChI=1S/C16H24N4O/c1-4-20(12-16(2,3)11-18)10-15(21)19-14-7-5-13(9-17)6-8-14/h5-8H,4,10-12,18H2,1-3H3,(H,19,21). The smallest absolute Gasteiger partial charge is 0.238 e. The number of nitriles is 1. The van der Waals surface area contributed by atoms with Crippen LogP contribution < -0.4 is 11.1 Å². The molecule has 0 saturated carbocycles. The lowest BCUT2D eigenvalue weighted by atomic mass is 9.93. The summed E-state index contributed by atoms with van der Waals surface area (Å²) < 4.78 is 0. The highest BCUT2D eigenvalue weighted by Gasteiger charge is 2.20. The predicted octanol–water partition coefficient (Wildman–Crippen LogP) is 1.80. The maximum absolute atomic E-state index is 12.1. The third kappa shape index (κ3) is 5.94. The number of anilines is 1. The molecule has 0 fully saturated rings. The number of amides is 1. The van der Waals surface area contributed by atoms with Crippen LogP contribution in [0.3, 0.4) is 0 Å². The van der Waals surface area contributed by atoms with Crippen LogP contribution in [-0.2, 0) is 4.79 Å². The number of nitrogens with zero attached hydrogens (tertiary/aromatic N) is 2. The normalized spacial score (nSPS) is 11.2. The van der Waals surface area contributed by atoms with Crippen molar-refractivity contribution in [2.75, 3.05) is 31.5 Å². The van der Waals surface area contributed by atoms with Gasteiger partial charge in [0, 0.05) is 12.2 Å². The van der Waals surface area contributed by atoms with Gasteiger partial charge in [0.05, 0.1) is 18.2 Å². The zero-order valence-corrected chi connectivity index (χ0v) is 13.0. The van der Waals surface area contributed by atoms with Crippen LogP contribution in [0.2, 0.25) is 0 Å². The van der Waals surface area contributed by atoms with Crippen LogP contribution in [0.25, 0.3) is 0 Å². The zero-order chi connectivity index (χ0) is 15.9. The Morgan fingerprint density at radius 1 is 1.38 bits per heavy atom. The highest BCUT2D eigenvalue weighted by atomic mass is 16.2. The van der Waals surface area contributed by atoms with Crippen molar-refractivity contribution in [1.82, 2.24) is 4.90 Å². The van der Waals surface area contributed by atoms with Crippen molar-refractivity contribution >= 4 is 11.6 Å². The fourth-order valence-electron chi connectivity index (χ4n) is 1.98. The molecule has 3 N–H and O–H groups in total. The van der Waals surface area contributed by atoms with Crippen molar-refractivity contribution in [3.05, 3.63) is 29.8 Å². The molecule has 1 aromatic carbocycles. The maximum atomic E-state index is 12.1. The molecule has 0 saturated heterocycles. The van der Waals surface area contributed by atoms with Gasteiger partial charge in [-0.15, -0.1) is 0 Å².